The first kappa shape index (κ1) is 16.8. The summed E-state index contributed by atoms with van der Waals surface area (Å²) in [5, 5.41) is 3.41. The fourth-order valence-electron chi connectivity index (χ4n) is 2.60. The van der Waals surface area contributed by atoms with Crippen LogP contribution in [0.4, 0.5) is 17.5 Å². The van der Waals surface area contributed by atoms with Gasteiger partial charge in [0.15, 0.2) is 5.82 Å². The zero-order valence-electron chi connectivity index (χ0n) is 13.7. The zero-order valence-corrected chi connectivity index (χ0v) is 13.7. The number of aromatic nitrogens is 2. The van der Waals surface area contributed by atoms with E-state index in [-0.39, 0.29) is 0 Å². The number of ether oxygens (including phenoxy) is 1. The maximum Gasteiger partial charge on any atom is 0.222 e. The van der Waals surface area contributed by atoms with Gasteiger partial charge in [-0.05, 0) is 26.1 Å². The SMILES string of the molecule is CCN(CC)CCCNc1nc(N)ncc1N1CCOCC1. The molecule has 22 heavy (non-hydrogen) atoms. The Kier molecular flexibility index (Phi) is 6.67. The standard InChI is InChI=1S/C15H28N6O/c1-3-20(4-2)7-5-6-17-14-13(12-18-15(16)19-14)21-8-10-22-11-9-21/h12H,3-11H2,1-2H3,(H3,16,17,18,19). The molecule has 2 heterocycles. The molecule has 1 aromatic heterocycles. The van der Waals surface area contributed by atoms with Gasteiger partial charge in [0.1, 0.15) is 0 Å². The Bertz CT molecular complexity index is 446. The zero-order chi connectivity index (χ0) is 15.8. The lowest BCUT2D eigenvalue weighted by Gasteiger charge is -2.29. The van der Waals surface area contributed by atoms with E-state index in [1.54, 1.807) is 6.20 Å². The van der Waals surface area contributed by atoms with E-state index in [9.17, 15) is 0 Å². The molecule has 0 amide bonds. The number of anilines is 3. The van der Waals surface area contributed by atoms with Gasteiger partial charge >= 0.3 is 0 Å². The van der Waals surface area contributed by atoms with Crippen molar-refractivity contribution in [2.24, 2.45) is 0 Å². The van der Waals surface area contributed by atoms with Crippen LogP contribution in [0.1, 0.15) is 20.3 Å². The van der Waals surface area contributed by atoms with Gasteiger partial charge in [0.25, 0.3) is 0 Å². The lowest BCUT2D eigenvalue weighted by atomic mass is 10.3. The van der Waals surface area contributed by atoms with E-state index in [4.69, 9.17) is 10.5 Å². The number of nitrogens with zero attached hydrogens (tertiary/aromatic N) is 4. The van der Waals surface area contributed by atoms with Crippen molar-refractivity contribution < 1.29 is 4.74 Å². The largest absolute Gasteiger partial charge is 0.378 e. The van der Waals surface area contributed by atoms with E-state index >= 15 is 0 Å². The molecule has 3 N–H and O–H groups in total. The molecule has 0 spiro atoms. The third-order valence-electron chi connectivity index (χ3n) is 3.98. The van der Waals surface area contributed by atoms with Crippen LogP contribution in [0.3, 0.4) is 0 Å². The van der Waals surface area contributed by atoms with Gasteiger partial charge in [-0.2, -0.15) is 4.98 Å². The van der Waals surface area contributed by atoms with Gasteiger partial charge in [-0.15, -0.1) is 0 Å². The highest BCUT2D eigenvalue weighted by Gasteiger charge is 2.16. The van der Waals surface area contributed by atoms with Crippen molar-refractivity contribution in [1.82, 2.24) is 14.9 Å². The quantitative estimate of drug-likeness (QED) is 0.695. The van der Waals surface area contributed by atoms with E-state index in [0.29, 0.717) is 5.95 Å². The second-order valence-corrected chi connectivity index (χ2v) is 5.37. The molecule has 1 aromatic rings. The third-order valence-corrected chi connectivity index (χ3v) is 3.98. The average Bonchev–Trinajstić information content (AvgIpc) is 2.56. The van der Waals surface area contributed by atoms with Gasteiger partial charge in [0, 0.05) is 19.6 Å². The molecule has 0 radical (unpaired) electrons. The first-order valence-corrected chi connectivity index (χ1v) is 8.16. The maximum atomic E-state index is 5.74. The Morgan fingerprint density at radius 1 is 1.32 bits per heavy atom. The fraction of sp³-hybridized carbons (Fsp3) is 0.733. The van der Waals surface area contributed by atoms with Gasteiger partial charge in [0.2, 0.25) is 5.95 Å². The Balaban J connectivity index is 1.92. The van der Waals surface area contributed by atoms with Gasteiger partial charge in [-0.1, -0.05) is 13.8 Å². The summed E-state index contributed by atoms with van der Waals surface area (Å²) in [5.74, 6) is 1.14. The highest BCUT2D eigenvalue weighted by atomic mass is 16.5. The lowest BCUT2D eigenvalue weighted by Crippen LogP contribution is -2.37. The monoisotopic (exact) mass is 308 g/mol. The van der Waals surface area contributed by atoms with E-state index in [2.05, 4.69) is 38.9 Å². The minimum absolute atomic E-state index is 0.309. The molecule has 124 valence electrons. The minimum atomic E-state index is 0.309. The van der Waals surface area contributed by atoms with Crippen molar-refractivity contribution in [1.29, 1.82) is 0 Å². The van der Waals surface area contributed by atoms with E-state index < -0.39 is 0 Å². The number of morpholine rings is 1. The molecule has 1 fully saturated rings. The molecule has 1 aliphatic heterocycles. The second kappa shape index (κ2) is 8.75. The molecule has 7 heteroatoms. The second-order valence-electron chi connectivity index (χ2n) is 5.37. The molecule has 0 atom stereocenters. The highest BCUT2D eigenvalue weighted by molar-refractivity contribution is 5.66. The molecular weight excluding hydrogens is 280 g/mol. The number of hydrogen-bond acceptors (Lipinski definition) is 7. The molecule has 0 unspecified atom stereocenters. The first-order valence-electron chi connectivity index (χ1n) is 8.16. The molecule has 2 rings (SSSR count). The van der Waals surface area contributed by atoms with Gasteiger partial charge in [-0.25, -0.2) is 4.98 Å². The number of nitrogen functional groups attached to an aromatic ring is 1. The number of nitrogens with one attached hydrogen (secondary N) is 1. The van der Waals surface area contributed by atoms with Crippen LogP contribution < -0.4 is 16.0 Å². The summed E-state index contributed by atoms with van der Waals surface area (Å²) >= 11 is 0. The van der Waals surface area contributed by atoms with Crippen LogP contribution in [0.15, 0.2) is 6.20 Å². The highest BCUT2D eigenvalue weighted by Crippen LogP contribution is 2.24. The van der Waals surface area contributed by atoms with Crippen LogP contribution in [0.2, 0.25) is 0 Å². The summed E-state index contributed by atoms with van der Waals surface area (Å²) in [6.07, 6.45) is 2.88. The molecule has 0 aromatic carbocycles. The maximum absolute atomic E-state index is 5.74. The fourth-order valence-corrected chi connectivity index (χ4v) is 2.60. The summed E-state index contributed by atoms with van der Waals surface area (Å²) in [4.78, 5) is 13.2. The summed E-state index contributed by atoms with van der Waals surface area (Å²) in [7, 11) is 0. The van der Waals surface area contributed by atoms with Crippen molar-refractivity contribution in [2.75, 3.05) is 68.4 Å². The predicted octanol–water partition coefficient (Wildman–Crippen LogP) is 1.04. The summed E-state index contributed by atoms with van der Waals surface area (Å²) < 4.78 is 5.40. The Morgan fingerprint density at radius 2 is 2.05 bits per heavy atom. The van der Waals surface area contributed by atoms with Crippen LogP contribution in [0.5, 0.6) is 0 Å². The molecule has 1 saturated heterocycles. The number of hydrogen-bond donors (Lipinski definition) is 2. The average molecular weight is 308 g/mol. The smallest absolute Gasteiger partial charge is 0.222 e. The summed E-state index contributed by atoms with van der Waals surface area (Å²) in [6, 6.07) is 0. The number of rotatable bonds is 8. The minimum Gasteiger partial charge on any atom is -0.378 e. The topological polar surface area (TPSA) is 79.5 Å². The lowest BCUT2D eigenvalue weighted by molar-refractivity contribution is 0.122. The van der Waals surface area contributed by atoms with E-state index in [0.717, 1.165) is 70.4 Å². The van der Waals surface area contributed by atoms with Crippen LogP contribution in [-0.2, 0) is 4.74 Å². The molecular formula is C15H28N6O. The summed E-state index contributed by atoms with van der Waals surface area (Å²) in [6.45, 7) is 11.8. The Labute approximate surface area is 132 Å². The van der Waals surface area contributed by atoms with Crippen molar-refractivity contribution in [3.05, 3.63) is 6.20 Å². The molecule has 1 aliphatic rings. The Morgan fingerprint density at radius 3 is 2.73 bits per heavy atom. The molecule has 0 saturated carbocycles. The van der Waals surface area contributed by atoms with Gasteiger partial charge in [0.05, 0.1) is 25.1 Å². The first-order chi connectivity index (χ1) is 10.7. The van der Waals surface area contributed by atoms with Crippen molar-refractivity contribution in [3.63, 3.8) is 0 Å². The van der Waals surface area contributed by atoms with E-state index in [1.807, 2.05) is 0 Å². The van der Waals surface area contributed by atoms with Crippen molar-refractivity contribution in [3.8, 4) is 0 Å². The Hall–Kier alpha value is -1.60. The van der Waals surface area contributed by atoms with Crippen molar-refractivity contribution in [2.45, 2.75) is 20.3 Å². The van der Waals surface area contributed by atoms with Gasteiger partial charge < -0.3 is 25.6 Å². The van der Waals surface area contributed by atoms with Crippen LogP contribution in [-0.4, -0.2) is 67.4 Å². The predicted molar refractivity (Wildman–Crippen MR) is 90.4 cm³/mol. The molecule has 7 nitrogen and oxygen atoms in total. The normalized spacial score (nSPS) is 15.3. The van der Waals surface area contributed by atoms with Gasteiger partial charge in [-0.3, -0.25) is 0 Å². The van der Waals surface area contributed by atoms with Crippen LogP contribution >= 0.6 is 0 Å². The summed E-state index contributed by atoms with van der Waals surface area (Å²) in [5.41, 5.74) is 6.75. The van der Waals surface area contributed by atoms with E-state index in [1.165, 1.54) is 0 Å². The molecule has 0 aliphatic carbocycles. The van der Waals surface area contributed by atoms with Crippen LogP contribution in [0.25, 0.3) is 0 Å². The number of nitrogens with two attached hydrogens (primary N) is 1. The van der Waals surface area contributed by atoms with Crippen molar-refractivity contribution >= 4 is 17.5 Å². The third kappa shape index (κ3) is 4.71. The van der Waals surface area contributed by atoms with Crippen LogP contribution in [0, 0.1) is 0 Å². The molecule has 0 bridgehead atoms.